The molecule has 0 aliphatic heterocycles. The van der Waals surface area contributed by atoms with Crippen LogP contribution in [0.3, 0.4) is 0 Å². The zero-order valence-corrected chi connectivity index (χ0v) is 20.8. The Hall–Kier alpha value is -2.32. The lowest BCUT2D eigenvalue weighted by Gasteiger charge is -2.08. The zero-order valence-electron chi connectivity index (χ0n) is 17.6. The molecule has 0 radical (unpaired) electrons. The second-order valence-electron chi connectivity index (χ2n) is 7.28. The molecule has 9 heteroatoms. The largest absolute Gasteiger partial charge is 0.325 e. The van der Waals surface area contributed by atoms with Crippen LogP contribution in [-0.4, -0.2) is 26.4 Å². The number of aromatic nitrogens is 3. The van der Waals surface area contributed by atoms with Crippen molar-refractivity contribution in [1.82, 2.24) is 14.8 Å². The zero-order chi connectivity index (χ0) is 22.8. The fraction of sp³-hybridized carbons (Fsp3) is 0.174. The molecular formula is C23H20Cl2N4OS2. The molecule has 2 heterocycles. The van der Waals surface area contributed by atoms with E-state index in [0.717, 1.165) is 17.0 Å². The predicted molar refractivity (Wildman–Crippen MR) is 135 cm³/mol. The van der Waals surface area contributed by atoms with Crippen LogP contribution in [0.1, 0.15) is 10.4 Å². The number of hydrogen-bond donors (Lipinski definition) is 1. The van der Waals surface area contributed by atoms with Gasteiger partial charge in [0, 0.05) is 34.1 Å². The summed E-state index contributed by atoms with van der Waals surface area (Å²) < 4.78 is 1.93. The number of hydrogen-bond acceptors (Lipinski definition) is 5. The van der Waals surface area contributed by atoms with Crippen LogP contribution in [0.15, 0.2) is 53.0 Å². The highest BCUT2D eigenvalue weighted by Crippen LogP contribution is 2.39. The van der Waals surface area contributed by atoms with Crippen LogP contribution >= 0.6 is 46.3 Å². The summed E-state index contributed by atoms with van der Waals surface area (Å²) in [4.78, 5) is 13.6. The normalized spacial score (nSPS) is 11.0. The van der Waals surface area contributed by atoms with Gasteiger partial charge in [-0.2, -0.15) is 0 Å². The number of thioether (sulfide) groups is 1. The van der Waals surface area contributed by atoms with Gasteiger partial charge in [-0.25, -0.2) is 0 Å². The Morgan fingerprint density at radius 3 is 2.56 bits per heavy atom. The number of carbonyl (C=O) groups is 1. The minimum absolute atomic E-state index is 0.162. The number of carbonyl (C=O) groups excluding carboxylic acids is 1. The van der Waals surface area contributed by atoms with Crippen LogP contribution in [0, 0.1) is 13.8 Å². The fourth-order valence-corrected chi connectivity index (χ4v) is 5.15. The van der Waals surface area contributed by atoms with E-state index in [1.54, 1.807) is 29.5 Å². The van der Waals surface area contributed by atoms with Gasteiger partial charge in [-0.3, -0.25) is 4.79 Å². The summed E-state index contributed by atoms with van der Waals surface area (Å²) in [6, 6.07) is 13.5. The van der Waals surface area contributed by atoms with Crippen LogP contribution in [0.2, 0.25) is 10.0 Å². The number of aryl methyl sites for hydroxylation is 2. The first kappa shape index (κ1) is 22.9. The van der Waals surface area contributed by atoms with Gasteiger partial charge in [-0.15, -0.1) is 21.5 Å². The van der Waals surface area contributed by atoms with E-state index in [9.17, 15) is 4.79 Å². The lowest BCUT2D eigenvalue weighted by atomic mass is 10.0. The maximum Gasteiger partial charge on any atom is 0.234 e. The van der Waals surface area contributed by atoms with E-state index in [-0.39, 0.29) is 11.7 Å². The molecule has 2 aromatic carbocycles. The quantitative estimate of drug-likeness (QED) is 0.292. The summed E-state index contributed by atoms with van der Waals surface area (Å²) in [5.74, 6) is 0.807. The minimum atomic E-state index is -0.162. The molecule has 0 fully saturated rings. The molecule has 0 spiro atoms. The van der Waals surface area contributed by atoms with Gasteiger partial charge in [-0.05, 0) is 37.6 Å². The Labute approximate surface area is 204 Å². The van der Waals surface area contributed by atoms with E-state index in [1.165, 1.54) is 27.8 Å². The van der Waals surface area contributed by atoms with Crippen molar-refractivity contribution in [1.29, 1.82) is 0 Å². The van der Waals surface area contributed by atoms with Gasteiger partial charge in [0.25, 0.3) is 0 Å². The topological polar surface area (TPSA) is 59.8 Å². The molecule has 0 unspecified atom stereocenters. The molecule has 164 valence electrons. The van der Waals surface area contributed by atoms with E-state index in [4.69, 9.17) is 23.2 Å². The summed E-state index contributed by atoms with van der Waals surface area (Å²) in [7, 11) is 1.92. The van der Waals surface area contributed by atoms with Crippen LogP contribution in [0.25, 0.3) is 22.5 Å². The standard InChI is InChI=1S/C23H20Cl2N4OS2/c1-13-4-6-15(7-5-13)21-14(2)31-11-17(21)22-27-28-23(29(22)3)32-12-20(30)26-16-8-9-18(24)19(25)10-16/h4-11H,12H2,1-3H3,(H,26,30). The van der Waals surface area contributed by atoms with Crippen LogP contribution in [0.4, 0.5) is 5.69 Å². The summed E-state index contributed by atoms with van der Waals surface area (Å²) in [6.45, 7) is 4.19. The van der Waals surface area contributed by atoms with Gasteiger partial charge in [0.2, 0.25) is 5.91 Å². The Morgan fingerprint density at radius 1 is 1.09 bits per heavy atom. The molecule has 2 aromatic heterocycles. The highest BCUT2D eigenvalue weighted by Gasteiger charge is 2.19. The number of thiophene rings is 1. The maximum atomic E-state index is 12.4. The number of nitrogens with one attached hydrogen (secondary N) is 1. The molecule has 0 aliphatic carbocycles. The van der Waals surface area contributed by atoms with Gasteiger partial charge in [0.05, 0.1) is 15.8 Å². The Morgan fingerprint density at radius 2 is 1.84 bits per heavy atom. The van der Waals surface area contributed by atoms with Crippen molar-refractivity contribution in [3.8, 4) is 22.5 Å². The van der Waals surface area contributed by atoms with Gasteiger partial charge >= 0.3 is 0 Å². The molecule has 0 saturated heterocycles. The smallest absolute Gasteiger partial charge is 0.234 e. The fourth-order valence-electron chi connectivity index (χ4n) is 3.27. The monoisotopic (exact) mass is 502 g/mol. The van der Waals surface area contributed by atoms with Crippen molar-refractivity contribution < 1.29 is 4.79 Å². The van der Waals surface area contributed by atoms with E-state index in [0.29, 0.717) is 20.9 Å². The molecular weight excluding hydrogens is 483 g/mol. The van der Waals surface area contributed by atoms with E-state index >= 15 is 0 Å². The second kappa shape index (κ2) is 9.67. The molecule has 1 amide bonds. The van der Waals surface area contributed by atoms with Crippen molar-refractivity contribution in [3.05, 3.63) is 68.3 Å². The SMILES string of the molecule is Cc1ccc(-c2c(-c3nnc(SCC(=O)Nc4ccc(Cl)c(Cl)c4)n3C)csc2C)cc1. The summed E-state index contributed by atoms with van der Waals surface area (Å²) in [6.07, 6.45) is 0. The van der Waals surface area contributed by atoms with Crippen molar-refractivity contribution >= 4 is 57.9 Å². The molecule has 5 nitrogen and oxygen atoms in total. The van der Waals surface area contributed by atoms with Crippen LogP contribution < -0.4 is 5.32 Å². The average Bonchev–Trinajstić information content (AvgIpc) is 3.32. The lowest BCUT2D eigenvalue weighted by molar-refractivity contribution is -0.113. The summed E-state index contributed by atoms with van der Waals surface area (Å²) in [5.41, 5.74) is 5.18. The van der Waals surface area contributed by atoms with Crippen molar-refractivity contribution in [2.75, 3.05) is 11.1 Å². The van der Waals surface area contributed by atoms with Crippen LogP contribution in [0.5, 0.6) is 0 Å². The molecule has 4 aromatic rings. The number of benzene rings is 2. The van der Waals surface area contributed by atoms with Crippen molar-refractivity contribution in [3.63, 3.8) is 0 Å². The molecule has 4 rings (SSSR count). The molecule has 0 atom stereocenters. The third kappa shape index (κ3) is 4.86. The van der Waals surface area contributed by atoms with Gasteiger partial charge in [0.15, 0.2) is 11.0 Å². The average molecular weight is 503 g/mol. The number of halogens is 2. The number of amides is 1. The van der Waals surface area contributed by atoms with Crippen molar-refractivity contribution in [2.45, 2.75) is 19.0 Å². The molecule has 0 bridgehead atoms. The number of nitrogens with zero attached hydrogens (tertiary/aromatic N) is 3. The number of rotatable bonds is 6. The Kier molecular flexibility index (Phi) is 6.90. The first-order valence-corrected chi connectivity index (χ1v) is 12.4. The Bertz CT molecular complexity index is 1280. The number of anilines is 1. The molecule has 1 N–H and O–H groups in total. The van der Waals surface area contributed by atoms with Gasteiger partial charge < -0.3 is 9.88 Å². The molecule has 32 heavy (non-hydrogen) atoms. The van der Waals surface area contributed by atoms with Crippen LogP contribution in [-0.2, 0) is 11.8 Å². The molecule has 0 saturated carbocycles. The van der Waals surface area contributed by atoms with Gasteiger partial charge in [-0.1, -0.05) is 64.8 Å². The second-order valence-corrected chi connectivity index (χ2v) is 10.1. The third-order valence-corrected chi connectivity index (χ3v) is 7.60. The summed E-state index contributed by atoms with van der Waals surface area (Å²) in [5, 5.41) is 15.2. The summed E-state index contributed by atoms with van der Waals surface area (Å²) >= 11 is 15.0. The Balaban J connectivity index is 1.50. The van der Waals surface area contributed by atoms with E-state index in [1.807, 2.05) is 11.6 Å². The van der Waals surface area contributed by atoms with Crippen molar-refractivity contribution in [2.24, 2.45) is 7.05 Å². The maximum absolute atomic E-state index is 12.4. The first-order valence-electron chi connectivity index (χ1n) is 9.76. The van der Waals surface area contributed by atoms with E-state index < -0.39 is 0 Å². The third-order valence-electron chi connectivity index (χ3n) is 4.93. The predicted octanol–water partition coefficient (Wildman–Crippen LogP) is 6.87. The minimum Gasteiger partial charge on any atom is -0.325 e. The highest BCUT2D eigenvalue weighted by molar-refractivity contribution is 7.99. The molecule has 0 aliphatic rings. The lowest BCUT2D eigenvalue weighted by Crippen LogP contribution is -2.14. The first-order chi connectivity index (χ1) is 15.3. The van der Waals surface area contributed by atoms with E-state index in [2.05, 4.69) is 59.0 Å². The van der Waals surface area contributed by atoms with Gasteiger partial charge in [0.1, 0.15) is 0 Å². The highest BCUT2D eigenvalue weighted by atomic mass is 35.5.